The van der Waals surface area contributed by atoms with Gasteiger partial charge in [-0.1, -0.05) is 42.5 Å². The van der Waals surface area contributed by atoms with Gasteiger partial charge in [0, 0.05) is 27.8 Å². The lowest BCUT2D eigenvalue weighted by Gasteiger charge is -2.40. The normalized spacial score (nSPS) is 30.1. The Morgan fingerprint density at radius 3 is 2.33 bits per heavy atom. The van der Waals surface area contributed by atoms with Crippen LogP contribution in [0.5, 0.6) is 0 Å². The Bertz CT molecular complexity index is 452. The number of anilines is 1. The van der Waals surface area contributed by atoms with Crippen molar-refractivity contribution in [2.75, 3.05) is 11.9 Å². The average Bonchev–Trinajstić information content (AvgIpc) is 2.48. The van der Waals surface area contributed by atoms with Gasteiger partial charge in [-0.3, -0.25) is 0 Å². The molecule has 0 bridgehead atoms. The van der Waals surface area contributed by atoms with E-state index in [2.05, 4.69) is 10.6 Å². The van der Waals surface area contributed by atoms with E-state index in [1.54, 1.807) is 6.07 Å². The zero-order valence-electron chi connectivity index (χ0n) is 12.4. The van der Waals surface area contributed by atoms with Crippen LogP contribution in [0.3, 0.4) is 0 Å². The van der Waals surface area contributed by atoms with E-state index in [1.807, 2.05) is 12.1 Å². The zero-order chi connectivity index (χ0) is 14.7. The van der Waals surface area contributed by atoms with Crippen LogP contribution >= 0.6 is 23.2 Å². The average molecular weight is 327 g/mol. The van der Waals surface area contributed by atoms with E-state index in [0.29, 0.717) is 22.1 Å². The van der Waals surface area contributed by atoms with E-state index >= 15 is 0 Å². The van der Waals surface area contributed by atoms with Gasteiger partial charge in [-0.15, -0.1) is 0 Å². The molecule has 3 atom stereocenters. The van der Waals surface area contributed by atoms with E-state index < -0.39 is 0 Å². The van der Waals surface area contributed by atoms with Crippen LogP contribution in [0.1, 0.15) is 44.9 Å². The largest absolute Gasteiger partial charge is 0.382 e. The number of piperidine rings is 1. The first kappa shape index (κ1) is 15.5. The molecule has 0 spiro atoms. The minimum absolute atomic E-state index is 0.531. The highest BCUT2D eigenvalue weighted by Gasteiger charge is 2.32. The summed E-state index contributed by atoms with van der Waals surface area (Å²) >= 11 is 12.2. The molecule has 2 nitrogen and oxygen atoms in total. The van der Waals surface area contributed by atoms with Crippen LogP contribution in [0.25, 0.3) is 0 Å². The molecule has 2 N–H and O–H groups in total. The summed E-state index contributed by atoms with van der Waals surface area (Å²) in [4.78, 5) is 0. The van der Waals surface area contributed by atoms with Gasteiger partial charge in [-0.05, 0) is 56.3 Å². The van der Waals surface area contributed by atoms with Crippen molar-refractivity contribution in [2.24, 2.45) is 5.92 Å². The van der Waals surface area contributed by atoms with E-state index in [9.17, 15) is 0 Å². The molecule has 0 aromatic heterocycles. The van der Waals surface area contributed by atoms with Gasteiger partial charge in [0.05, 0.1) is 0 Å². The van der Waals surface area contributed by atoms with Crippen molar-refractivity contribution >= 4 is 28.9 Å². The number of nitrogens with one attached hydrogen (secondary N) is 2. The van der Waals surface area contributed by atoms with Crippen LogP contribution in [0.2, 0.25) is 10.0 Å². The standard InChI is InChI=1S/C17H24Cl2N2/c18-12-9-13(19)11-14(10-12)21-17-7-2-1-5-15(17)16-6-3-4-8-20-16/h9-11,15-17,20-21H,1-8H2. The van der Waals surface area contributed by atoms with E-state index in [-0.39, 0.29) is 0 Å². The lowest BCUT2D eigenvalue weighted by Crippen LogP contribution is -2.48. The van der Waals surface area contributed by atoms with Crippen molar-refractivity contribution in [3.8, 4) is 0 Å². The second-order valence-electron chi connectivity index (χ2n) is 6.41. The van der Waals surface area contributed by atoms with Crippen LogP contribution in [0.4, 0.5) is 5.69 Å². The lowest BCUT2D eigenvalue weighted by atomic mass is 9.77. The molecule has 2 fully saturated rings. The van der Waals surface area contributed by atoms with Gasteiger partial charge in [0.2, 0.25) is 0 Å². The Labute approximate surface area is 137 Å². The number of halogens is 2. The van der Waals surface area contributed by atoms with Gasteiger partial charge < -0.3 is 10.6 Å². The molecule has 0 amide bonds. The molecule has 1 aromatic rings. The molecule has 21 heavy (non-hydrogen) atoms. The first-order valence-corrected chi connectivity index (χ1v) is 8.94. The van der Waals surface area contributed by atoms with E-state index in [4.69, 9.17) is 23.2 Å². The molecule has 116 valence electrons. The Morgan fingerprint density at radius 1 is 0.905 bits per heavy atom. The maximum Gasteiger partial charge on any atom is 0.0441 e. The summed E-state index contributed by atoms with van der Waals surface area (Å²) in [6.45, 7) is 1.18. The highest BCUT2D eigenvalue weighted by Crippen LogP contribution is 2.33. The number of benzene rings is 1. The maximum atomic E-state index is 6.12. The Hall–Kier alpha value is -0.440. The summed E-state index contributed by atoms with van der Waals surface area (Å²) < 4.78 is 0. The van der Waals surface area contributed by atoms with Crippen LogP contribution in [-0.4, -0.2) is 18.6 Å². The molecule has 3 rings (SSSR count). The van der Waals surface area contributed by atoms with Crippen molar-refractivity contribution in [1.29, 1.82) is 0 Å². The summed E-state index contributed by atoms with van der Waals surface area (Å²) in [7, 11) is 0. The van der Waals surface area contributed by atoms with E-state index in [0.717, 1.165) is 11.6 Å². The van der Waals surface area contributed by atoms with Crippen LogP contribution in [0.15, 0.2) is 18.2 Å². The molecular weight excluding hydrogens is 303 g/mol. The van der Waals surface area contributed by atoms with Gasteiger partial charge in [0.25, 0.3) is 0 Å². The van der Waals surface area contributed by atoms with Gasteiger partial charge in [0.1, 0.15) is 0 Å². The quantitative estimate of drug-likeness (QED) is 0.806. The summed E-state index contributed by atoms with van der Waals surface area (Å²) in [5, 5.41) is 8.84. The number of rotatable bonds is 3. The van der Waals surface area contributed by atoms with Crippen molar-refractivity contribution in [1.82, 2.24) is 5.32 Å². The molecule has 1 heterocycles. The predicted octanol–water partition coefficient (Wildman–Crippen LogP) is 5.11. The van der Waals surface area contributed by atoms with Gasteiger partial charge >= 0.3 is 0 Å². The van der Waals surface area contributed by atoms with E-state index in [1.165, 1.54) is 51.5 Å². The van der Waals surface area contributed by atoms with Gasteiger partial charge in [-0.2, -0.15) is 0 Å². The van der Waals surface area contributed by atoms with Crippen molar-refractivity contribution in [3.05, 3.63) is 28.2 Å². The number of hydrogen-bond donors (Lipinski definition) is 2. The highest BCUT2D eigenvalue weighted by molar-refractivity contribution is 6.35. The molecule has 4 heteroatoms. The fraction of sp³-hybridized carbons (Fsp3) is 0.647. The summed E-state index contributed by atoms with van der Waals surface area (Å²) in [6, 6.07) is 6.95. The Morgan fingerprint density at radius 2 is 1.62 bits per heavy atom. The monoisotopic (exact) mass is 326 g/mol. The molecular formula is C17H24Cl2N2. The van der Waals surface area contributed by atoms with Crippen LogP contribution < -0.4 is 10.6 Å². The molecule has 2 aliphatic rings. The van der Waals surface area contributed by atoms with Gasteiger partial charge in [-0.25, -0.2) is 0 Å². The molecule has 1 aliphatic heterocycles. The topological polar surface area (TPSA) is 24.1 Å². The molecule has 1 saturated carbocycles. The molecule has 1 aliphatic carbocycles. The zero-order valence-corrected chi connectivity index (χ0v) is 13.9. The second-order valence-corrected chi connectivity index (χ2v) is 7.29. The second kappa shape index (κ2) is 7.21. The third kappa shape index (κ3) is 4.06. The van der Waals surface area contributed by atoms with Crippen LogP contribution in [-0.2, 0) is 0 Å². The minimum Gasteiger partial charge on any atom is -0.382 e. The Kier molecular flexibility index (Phi) is 5.31. The third-order valence-corrected chi connectivity index (χ3v) is 5.34. The summed E-state index contributed by atoms with van der Waals surface area (Å²) in [6.07, 6.45) is 9.25. The van der Waals surface area contributed by atoms with Crippen LogP contribution in [0, 0.1) is 5.92 Å². The SMILES string of the molecule is Clc1cc(Cl)cc(NC2CCCCC2C2CCCCN2)c1. The molecule has 1 saturated heterocycles. The minimum atomic E-state index is 0.531. The number of hydrogen-bond acceptors (Lipinski definition) is 2. The van der Waals surface area contributed by atoms with Crippen molar-refractivity contribution < 1.29 is 0 Å². The van der Waals surface area contributed by atoms with Crippen molar-refractivity contribution in [2.45, 2.75) is 57.0 Å². The molecule has 3 unspecified atom stereocenters. The Balaban J connectivity index is 1.71. The lowest BCUT2D eigenvalue weighted by molar-refractivity contribution is 0.217. The predicted molar refractivity (Wildman–Crippen MR) is 91.5 cm³/mol. The summed E-state index contributed by atoms with van der Waals surface area (Å²) in [5.74, 6) is 0.719. The van der Waals surface area contributed by atoms with Gasteiger partial charge in [0.15, 0.2) is 0 Å². The summed E-state index contributed by atoms with van der Waals surface area (Å²) in [5.41, 5.74) is 1.06. The molecule has 1 aromatic carbocycles. The fourth-order valence-corrected chi connectivity index (χ4v) is 4.44. The fourth-order valence-electron chi connectivity index (χ4n) is 3.92. The maximum absolute atomic E-state index is 6.12. The first-order valence-electron chi connectivity index (χ1n) is 8.18. The smallest absolute Gasteiger partial charge is 0.0441 e. The molecule has 0 radical (unpaired) electrons. The third-order valence-electron chi connectivity index (χ3n) is 4.90. The first-order chi connectivity index (χ1) is 10.2. The van der Waals surface area contributed by atoms with Crippen molar-refractivity contribution in [3.63, 3.8) is 0 Å². The highest BCUT2D eigenvalue weighted by atomic mass is 35.5.